The largest absolute Gasteiger partial charge is 0.255 e. The maximum atomic E-state index is 11.3. The molecule has 0 amide bonds. The third kappa shape index (κ3) is 2.45. The van der Waals surface area contributed by atoms with Crippen molar-refractivity contribution in [3.8, 4) is 0 Å². The minimum atomic E-state index is -0.912. The number of hydrogen-bond acceptors (Lipinski definition) is 1. The minimum absolute atomic E-state index is 0.865. The van der Waals surface area contributed by atoms with Gasteiger partial charge >= 0.3 is 0 Å². The van der Waals surface area contributed by atoms with E-state index >= 15 is 0 Å². The Morgan fingerprint density at radius 1 is 0.947 bits per heavy atom. The Morgan fingerprint density at radius 3 is 2.42 bits per heavy atom. The molecule has 1 aliphatic rings. The van der Waals surface area contributed by atoms with Crippen LogP contribution in [-0.4, -0.2) is 10.5 Å². The van der Waals surface area contributed by atoms with E-state index in [-0.39, 0.29) is 0 Å². The van der Waals surface area contributed by atoms with Crippen molar-refractivity contribution in [2.45, 2.75) is 4.90 Å². The first-order valence-electron chi connectivity index (χ1n) is 6.17. The third-order valence-corrected chi connectivity index (χ3v) is 4.18. The zero-order chi connectivity index (χ0) is 13.2. The fourth-order valence-corrected chi connectivity index (χ4v) is 2.76. The van der Waals surface area contributed by atoms with Crippen molar-refractivity contribution in [2.24, 2.45) is 0 Å². The molecule has 2 aromatic carbocycles. The van der Waals surface area contributed by atoms with Crippen LogP contribution in [0, 0.1) is 0 Å². The Balaban J connectivity index is 1.95. The van der Waals surface area contributed by atoms with Crippen LogP contribution in [0.2, 0.25) is 0 Å². The minimum Gasteiger partial charge on any atom is -0.255 e. The zero-order valence-corrected chi connectivity index (χ0v) is 11.5. The monoisotopic (exact) mass is 266 g/mol. The summed E-state index contributed by atoms with van der Waals surface area (Å²) in [5, 5.41) is 0. The van der Waals surface area contributed by atoms with Crippen molar-refractivity contribution in [3.05, 3.63) is 71.3 Å². The van der Waals surface area contributed by atoms with Gasteiger partial charge in [-0.15, -0.1) is 0 Å². The van der Waals surface area contributed by atoms with E-state index in [1.54, 1.807) is 6.26 Å². The van der Waals surface area contributed by atoms with E-state index in [4.69, 9.17) is 0 Å². The average Bonchev–Trinajstić information content (AvgIpc) is 2.83. The van der Waals surface area contributed by atoms with E-state index in [9.17, 15) is 4.21 Å². The molecule has 0 saturated carbocycles. The molecule has 2 heteroatoms. The topological polar surface area (TPSA) is 17.1 Å². The second-order valence-electron chi connectivity index (χ2n) is 4.54. The lowest BCUT2D eigenvalue weighted by Crippen LogP contribution is -1.86. The summed E-state index contributed by atoms with van der Waals surface area (Å²) < 4.78 is 11.3. The average molecular weight is 266 g/mol. The smallest absolute Gasteiger partial charge is 0.0498 e. The van der Waals surface area contributed by atoms with Gasteiger partial charge in [0, 0.05) is 22.0 Å². The van der Waals surface area contributed by atoms with Gasteiger partial charge in [-0.2, -0.15) is 0 Å². The molecule has 0 radical (unpaired) electrons. The molecular weight excluding hydrogens is 252 g/mol. The van der Waals surface area contributed by atoms with Crippen LogP contribution in [0.1, 0.15) is 16.7 Å². The van der Waals surface area contributed by atoms with Crippen LogP contribution >= 0.6 is 0 Å². The number of fused-ring (bicyclic) bond motifs is 1. The molecule has 0 aliphatic heterocycles. The van der Waals surface area contributed by atoms with Crippen LogP contribution in [0.3, 0.4) is 0 Å². The lowest BCUT2D eigenvalue weighted by molar-refractivity contribution is 0.687. The van der Waals surface area contributed by atoms with Crippen LogP contribution in [0.25, 0.3) is 17.7 Å². The summed E-state index contributed by atoms with van der Waals surface area (Å²) >= 11 is 0. The van der Waals surface area contributed by atoms with E-state index in [2.05, 4.69) is 42.5 Å². The van der Waals surface area contributed by atoms with Gasteiger partial charge < -0.3 is 0 Å². The van der Waals surface area contributed by atoms with Gasteiger partial charge in [0.05, 0.1) is 0 Å². The number of rotatable bonds is 2. The number of allylic oxidation sites excluding steroid dienone is 2. The normalized spacial score (nSPS) is 16.6. The maximum absolute atomic E-state index is 11.3. The van der Waals surface area contributed by atoms with Gasteiger partial charge in [-0.25, -0.2) is 0 Å². The van der Waals surface area contributed by atoms with Gasteiger partial charge in [0.1, 0.15) is 0 Å². The summed E-state index contributed by atoms with van der Waals surface area (Å²) in [6.45, 7) is 0. The van der Waals surface area contributed by atoms with Crippen molar-refractivity contribution in [1.29, 1.82) is 0 Å². The summed E-state index contributed by atoms with van der Waals surface area (Å²) in [5.41, 5.74) is 4.89. The van der Waals surface area contributed by atoms with Gasteiger partial charge in [0.25, 0.3) is 0 Å². The maximum Gasteiger partial charge on any atom is 0.0498 e. The molecule has 0 spiro atoms. The zero-order valence-electron chi connectivity index (χ0n) is 10.7. The van der Waals surface area contributed by atoms with Crippen molar-refractivity contribution < 1.29 is 4.21 Å². The first-order chi connectivity index (χ1) is 9.24. The molecule has 0 aromatic heterocycles. The number of hydrogen-bond donors (Lipinski definition) is 0. The Kier molecular flexibility index (Phi) is 3.18. The highest BCUT2D eigenvalue weighted by molar-refractivity contribution is 7.84. The molecule has 0 saturated heterocycles. The highest BCUT2D eigenvalue weighted by Crippen LogP contribution is 2.30. The lowest BCUT2D eigenvalue weighted by Gasteiger charge is -2.02. The van der Waals surface area contributed by atoms with Crippen molar-refractivity contribution in [2.75, 3.05) is 6.26 Å². The fourth-order valence-electron chi connectivity index (χ4n) is 2.24. The van der Waals surface area contributed by atoms with E-state index in [0.29, 0.717) is 0 Å². The highest BCUT2D eigenvalue weighted by atomic mass is 32.2. The fraction of sp³-hybridized carbons (Fsp3) is 0.0588. The highest BCUT2D eigenvalue weighted by Gasteiger charge is 2.08. The molecule has 0 N–H and O–H groups in total. The van der Waals surface area contributed by atoms with Crippen molar-refractivity contribution in [3.63, 3.8) is 0 Å². The molecule has 0 unspecified atom stereocenters. The van der Waals surface area contributed by atoms with Crippen LogP contribution in [-0.2, 0) is 10.8 Å². The number of benzene rings is 2. The quantitative estimate of drug-likeness (QED) is 0.803. The molecule has 3 rings (SSSR count). The van der Waals surface area contributed by atoms with Gasteiger partial charge in [-0.1, -0.05) is 48.6 Å². The van der Waals surface area contributed by atoms with Crippen LogP contribution in [0.4, 0.5) is 0 Å². The van der Waals surface area contributed by atoms with Crippen LogP contribution < -0.4 is 0 Å². The van der Waals surface area contributed by atoms with E-state index in [0.717, 1.165) is 10.5 Å². The molecule has 0 bridgehead atoms. The summed E-state index contributed by atoms with van der Waals surface area (Å²) in [5.74, 6) is 0. The molecular formula is C17H14OS. The Bertz CT molecular complexity index is 693. The van der Waals surface area contributed by atoms with E-state index < -0.39 is 10.8 Å². The summed E-state index contributed by atoms with van der Waals surface area (Å²) in [4.78, 5) is 0.865. The second kappa shape index (κ2) is 4.98. The first kappa shape index (κ1) is 12.1. The summed E-state index contributed by atoms with van der Waals surface area (Å²) in [6, 6.07) is 16.2. The molecule has 2 aromatic rings. The molecule has 1 nitrogen and oxygen atoms in total. The molecule has 0 heterocycles. The SMILES string of the molecule is C[S@](=O)c1ccc(/C=C2/C=Cc3ccccc32)cc1. The van der Waals surface area contributed by atoms with Crippen LogP contribution in [0.15, 0.2) is 59.5 Å². The Morgan fingerprint density at radius 2 is 1.68 bits per heavy atom. The summed E-state index contributed by atoms with van der Waals surface area (Å²) in [7, 11) is -0.912. The Labute approximate surface area is 115 Å². The van der Waals surface area contributed by atoms with Gasteiger partial charge in [-0.05, 0) is 40.5 Å². The van der Waals surface area contributed by atoms with Gasteiger partial charge in [0.2, 0.25) is 0 Å². The van der Waals surface area contributed by atoms with Crippen molar-refractivity contribution in [1.82, 2.24) is 0 Å². The van der Waals surface area contributed by atoms with Crippen LogP contribution in [0.5, 0.6) is 0 Å². The van der Waals surface area contributed by atoms with Crippen molar-refractivity contribution >= 4 is 28.5 Å². The Hall–Kier alpha value is -1.93. The third-order valence-electron chi connectivity index (χ3n) is 3.25. The summed E-state index contributed by atoms with van der Waals surface area (Å²) in [6.07, 6.45) is 8.13. The van der Waals surface area contributed by atoms with Gasteiger partial charge in [0.15, 0.2) is 0 Å². The van der Waals surface area contributed by atoms with E-state index in [1.807, 2.05) is 24.3 Å². The molecule has 1 atom stereocenters. The molecule has 19 heavy (non-hydrogen) atoms. The van der Waals surface area contributed by atoms with E-state index in [1.165, 1.54) is 16.7 Å². The predicted octanol–water partition coefficient (Wildman–Crippen LogP) is 3.99. The second-order valence-corrected chi connectivity index (χ2v) is 5.92. The van der Waals surface area contributed by atoms with Gasteiger partial charge in [-0.3, -0.25) is 4.21 Å². The molecule has 94 valence electrons. The lowest BCUT2D eigenvalue weighted by atomic mass is 10.0. The standard InChI is InChI=1S/C17H14OS/c1-19(18)16-10-6-13(7-11-16)12-15-9-8-14-4-2-3-5-17(14)15/h2-12H,1H3/b15-12-/t19-/m0/s1. The molecule has 0 fully saturated rings. The predicted molar refractivity (Wildman–Crippen MR) is 82.1 cm³/mol. The molecule has 1 aliphatic carbocycles. The first-order valence-corrected chi connectivity index (χ1v) is 7.72.